The Morgan fingerprint density at radius 3 is 2.47 bits per heavy atom. The zero-order valence-electron chi connectivity index (χ0n) is 10.5. The van der Waals surface area contributed by atoms with Gasteiger partial charge in [0.05, 0.1) is 0 Å². The van der Waals surface area contributed by atoms with E-state index in [-0.39, 0.29) is 11.8 Å². The lowest BCUT2D eigenvalue weighted by Crippen LogP contribution is -2.54. The molecule has 0 radical (unpaired) electrons. The molecule has 1 aromatic carbocycles. The molecule has 0 heterocycles. The number of carbonyl (C=O) groups excluding carboxylic acids is 1. The van der Waals surface area contributed by atoms with Crippen LogP contribution < -0.4 is 11.1 Å². The molecule has 1 atom stereocenters. The SMILES string of the molecule is CCC(Nc1ccccc1Br)(C(N)=O)C(C)C. The van der Waals surface area contributed by atoms with Crippen LogP contribution in [0.3, 0.4) is 0 Å². The van der Waals surface area contributed by atoms with E-state index in [1.165, 1.54) is 0 Å². The second-order valence-corrected chi connectivity index (χ2v) is 5.30. The molecule has 0 bridgehead atoms. The highest BCUT2D eigenvalue weighted by Gasteiger charge is 2.38. The summed E-state index contributed by atoms with van der Waals surface area (Å²) in [5.74, 6) is -0.192. The molecule has 94 valence electrons. The average molecular weight is 299 g/mol. The largest absolute Gasteiger partial charge is 0.370 e. The van der Waals surface area contributed by atoms with Gasteiger partial charge in [-0.3, -0.25) is 4.79 Å². The number of anilines is 1. The minimum absolute atomic E-state index is 0.122. The number of hydrogen-bond donors (Lipinski definition) is 2. The lowest BCUT2D eigenvalue weighted by Gasteiger charge is -2.35. The van der Waals surface area contributed by atoms with Crippen LogP contribution in [0.25, 0.3) is 0 Å². The van der Waals surface area contributed by atoms with Gasteiger partial charge in [0, 0.05) is 10.2 Å². The van der Waals surface area contributed by atoms with Crippen molar-refractivity contribution in [1.82, 2.24) is 0 Å². The monoisotopic (exact) mass is 298 g/mol. The molecule has 0 aromatic heterocycles. The van der Waals surface area contributed by atoms with Crippen molar-refractivity contribution in [2.45, 2.75) is 32.7 Å². The van der Waals surface area contributed by atoms with Gasteiger partial charge >= 0.3 is 0 Å². The van der Waals surface area contributed by atoms with E-state index < -0.39 is 5.54 Å². The molecule has 0 saturated heterocycles. The van der Waals surface area contributed by atoms with Gasteiger partial charge in [0.15, 0.2) is 0 Å². The zero-order chi connectivity index (χ0) is 13.1. The second kappa shape index (κ2) is 5.54. The average Bonchev–Trinajstić information content (AvgIpc) is 2.27. The molecule has 0 aliphatic carbocycles. The van der Waals surface area contributed by atoms with Gasteiger partial charge in [0.2, 0.25) is 5.91 Å². The van der Waals surface area contributed by atoms with Crippen LogP contribution in [0.1, 0.15) is 27.2 Å². The summed E-state index contributed by atoms with van der Waals surface area (Å²) in [6.07, 6.45) is 0.654. The first-order chi connectivity index (χ1) is 7.94. The third-order valence-electron chi connectivity index (χ3n) is 3.21. The van der Waals surface area contributed by atoms with Gasteiger partial charge in [-0.05, 0) is 40.4 Å². The van der Waals surface area contributed by atoms with Crippen molar-refractivity contribution in [3.63, 3.8) is 0 Å². The van der Waals surface area contributed by atoms with Gasteiger partial charge in [-0.1, -0.05) is 32.9 Å². The van der Waals surface area contributed by atoms with Gasteiger partial charge in [0.25, 0.3) is 0 Å². The van der Waals surface area contributed by atoms with E-state index in [0.29, 0.717) is 6.42 Å². The Labute approximate surface area is 111 Å². The minimum Gasteiger partial charge on any atom is -0.370 e. The Kier molecular flexibility index (Phi) is 4.57. The summed E-state index contributed by atoms with van der Waals surface area (Å²) in [4.78, 5) is 11.8. The van der Waals surface area contributed by atoms with Crippen LogP contribution >= 0.6 is 15.9 Å². The van der Waals surface area contributed by atoms with E-state index >= 15 is 0 Å². The molecule has 0 aliphatic rings. The molecule has 17 heavy (non-hydrogen) atoms. The number of carbonyl (C=O) groups is 1. The molecule has 0 aliphatic heterocycles. The number of para-hydroxylation sites is 1. The summed E-state index contributed by atoms with van der Waals surface area (Å²) in [5, 5.41) is 3.29. The van der Waals surface area contributed by atoms with Crippen molar-refractivity contribution in [2.24, 2.45) is 11.7 Å². The number of primary amides is 1. The fourth-order valence-corrected chi connectivity index (χ4v) is 2.35. The van der Waals surface area contributed by atoms with E-state index in [1.54, 1.807) is 0 Å². The van der Waals surface area contributed by atoms with E-state index in [2.05, 4.69) is 21.2 Å². The predicted octanol–water partition coefficient (Wildman–Crippen LogP) is 3.15. The van der Waals surface area contributed by atoms with Gasteiger partial charge < -0.3 is 11.1 Å². The number of hydrogen-bond acceptors (Lipinski definition) is 2. The summed E-state index contributed by atoms with van der Waals surface area (Å²) < 4.78 is 0.930. The molecule has 3 nitrogen and oxygen atoms in total. The lowest BCUT2D eigenvalue weighted by molar-refractivity contribution is -0.123. The molecule has 0 saturated carbocycles. The Morgan fingerprint density at radius 1 is 1.47 bits per heavy atom. The van der Waals surface area contributed by atoms with Crippen LogP contribution in [0.4, 0.5) is 5.69 Å². The normalized spacial score (nSPS) is 14.4. The van der Waals surface area contributed by atoms with Crippen LogP contribution in [0.5, 0.6) is 0 Å². The lowest BCUT2D eigenvalue weighted by atomic mass is 9.83. The summed E-state index contributed by atoms with van der Waals surface area (Å²) in [6, 6.07) is 7.72. The highest BCUT2D eigenvalue weighted by Crippen LogP contribution is 2.30. The van der Waals surface area contributed by atoms with Crippen LogP contribution in [0.2, 0.25) is 0 Å². The molecule has 0 fully saturated rings. The van der Waals surface area contributed by atoms with Crippen molar-refractivity contribution in [3.8, 4) is 0 Å². The Balaban J connectivity index is 3.11. The van der Waals surface area contributed by atoms with E-state index in [9.17, 15) is 4.79 Å². The van der Waals surface area contributed by atoms with Gasteiger partial charge in [-0.25, -0.2) is 0 Å². The standard InChI is InChI=1S/C13H19BrN2O/c1-4-13(9(2)3,12(15)17)16-11-8-6-5-7-10(11)14/h5-9,16H,4H2,1-3H3,(H2,15,17). The number of nitrogens with one attached hydrogen (secondary N) is 1. The van der Waals surface area contributed by atoms with Crippen molar-refractivity contribution in [3.05, 3.63) is 28.7 Å². The Hall–Kier alpha value is -1.03. The smallest absolute Gasteiger partial charge is 0.243 e. The molecular weight excluding hydrogens is 280 g/mol. The van der Waals surface area contributed by atoms with Crippen molar-refractivity contribution >= 4 is 27.5 Å². The molecule has 3 N–H and O–H groups in total. The Morgan fingerprint density at radius 2 is 2.06 bits per heavy atom. The summed E-state index contributed by atoms with van der Waals surface area (Å²) in [5.41, 5.74) is 5.75. The summed E-state index contributed by atoms with van der Waals surface area (Å²) in [6.45, 7) is 5.96. The number of amides is 1. The number of nitrogens with two attached hydrogens (primary N) is 1. The summed E-state index contributed by atoms with van der Waals surface area (Å²) in [7, 11) is 0. The maximum atomic E-state index is 11.8. The highest BCUT2D eigenvalue weighted by molar-refractivity contribution is 9.10. The van der Waals surface area contributed by atoms with Crippen LogP contribution in [-0.4, -0.2) is 11.4 Å². The van der Waals surface area contributed by atoms with Crippen molar-refractivity contribution < 1.29 is 4.79 Å². The third kappa shape index (κ3) is 2.80. The molecule has 4 heteroatoms. The molecule has 1 unspecified atom stereocenters. The zero-order valence-corrected chi connectivity index (χ0v) is 12.0. The van der Waals surface area contributed by atoms with Crippen molar-refractivity contribution in [1.29, 1.82) is 0 Å². The first kappa shape index (κ1) is 14.0. The number of rotatable bonds is 5. The fourth-order valence-electron chi connectivity index (χ4n) is 1.96. The minimum atomic E-state index is -0.704. The molecule has 1 rings (SSSR count). The fraction of sp³-hybridized carbons (Fsp3) is 0.462. The molecule has 1 amide bonds. The maximum Gasteiger partial charge on any atom is 0.243 e. The van der Waals surface area contributed by atoms with Crippen LogP contribution in [-0.2, 0) is 4.79 Å². The van der Waals surface area contributed by atoms with Crippen LogP contribution in [0, 0.1) is 5.92 Å². The Bertz CT molecular complexity index is 406. The van der Waals surface area contributed by atoms with E-state index in [0.717, 1.165) is 10.2 Å². The molecular formula is C13H19BrN2O. The maximum absolute atomic E-state index is 11.8. The quantitative estimate of drug-likeness (QED) is 0.877. The second-order valence-electron chi connectivity index (χ2n) is 4.45. The number of benzene rings is 1. The van der Waals surface area contributed by atoms with E-state index in [1.807, 2.05) is 45.0 Å². The topological polar surface area (TPSA) is 55.1 Å². The van der Waals surface area contributed by atoms with Gasteiger partial charge in [-0.2, -0.15) is 0 Å². The van der Waals surface area contributed by atoms with E-state index in [4.69, 9.17) is 5.73 Å². The molecule has 1 aromatic rings. The highest BCUT2D eigenvalue weighted by atomic mass is 79.9. The first-order valence-corrected chi connectivity index (χ1v) is 6.56. The third-order valence-corrected chi connectivity index (χ3v) is 3.91. The number of halogens is 1. The predicted molar refractivity (Wildman–Crippen MR) is 74.8 cm³/mol. The first-order valence-electron chi connectivity index (χ1n) is 5.76. The van der Waals surface area contributed by atoms with Gasteiger partial charge in [0.1, 0.15) is 5.54 Å². The summed E-state index contributed by atoms with van der Waals surface area (Å²) >= 11 is 3.46. The van der Waals surface area contributed by atoms with Crippen LogP contribution in [0.15, 0.2) is 28.7 Å². The molecule has 0 spiro atoms. The van der Waals surface area contributed by atoms with Gasteiger partial charge in [-0.15, -0.1) is 0 Å². The van der Waals surface area contributed by atoms with Crippen molar-refractivity contribution in [2.75, 3.05) is 5.32 Å².